The summed E-state index contributed by atoms with van der Waals surface area (Å²) in [4.78, 5) is 4.30. The molecule has 0 aliphatic rings. The summed E-state index contributed by atoms with van der Waals surface area (Å²) in [6.45, 7) is 6.22. The molecular formula is C16H17BrClNO. The Bertz CT molecular complexity index is 613. The Hall–Kier alpha value is -1.06. The van der Waals surface area contributed by atoms with Gasteiger partial charge in [-0.1, -0.05) is 47.4 Å². The fraction of sp³-hybridized carbons (Fsp3) is 0.312. The molecule has 0 bridgehead atoms. The maximum Gasteiger partial charge on any atom is 0.223 e. The van der Waals surface area contributed by atoms with Crippen LogP contribution in [0.15, 0.2) is 30.5 Å². The minimum Gasteiger partial charge on any atom is -0.438 e. The van der Waals surface area contributed by atoms with Gasteiger partial charge in [-0.05, 0) is 42.2 Å². The second kappa shape index (κ2) is 6.59. The van der Waals surface area contributed by atoms with E-state index >= 15 is 0 Å². The van der Waals surface area contributed by atoms with Crippen LogP contribution in [0.2, 0.25) is 5.02 Å². The summed E-state index contributed by atoms with van der Waals surface area (Å²) in [5, 5.41) is 1.49. The number of aromatic nitrogens is 1. The Morgan fingerprint density at radius 2 is 2.10 bits per heavy atom. The average molecular weight is 355 g/mol. The second-order valence-electron chi connectivity index (χ2n) is 5.00. The summed E-state index contributed by atoms with van der Waals surface area (Å²) in [5.74, 6) is 1.79. The van der Waals surface area contributed by atoms with Gasteiger partial charge in [-0.3, -0.25) is 0 Å². The Balaban J connectivity index is 2.40. The molecule has 0 unspecified atom stereocenters. The first-order valence-electron chi connectivity index (χ1n) is 6.50. The Morgan fingerprint density at radius 3 is 2.75 bits per heavy atom. The van der Waals surface area contributed by atoms with Gasteiger partial charge in [0, 0.05) is 22.1 Å². The van der Waals surface area contributed by atoms with Crippen molar-refractivity contribution in [2.45, 2.75) is 32.0 Å². The van der Waals surface area contributed by atoms with E-state index in [1.807, 2.05) is 31.2 Å². The molecule has 2 aromatic rings. The highest BCUT2D eigenvalue weighted by atomic mass is 79.9. The zero-order valence-corrected chi connectivity index (χ0v) is 14.1. The van der Waals surface area contributed by atoms with Gasteiger partial charge in [-0.2, -0.15) is 0 Å². The first kappa shape index (κ1) is 15.3. The van der Waals surface area contributed by atoms with Crippen LogP contribution in [0, 0.1) is 6.92 Å². The van der Waals surface area contributed by atoms with Gasteiger partial charge < -0.3 is 4.74 Å². The molecule has 0 saturated carbocycles. The van der Waals surface area contributed by atoms with E-state index in [-0.39, 0.29) is 0 Å². The highest BCUT2D eigenvalue weighted by Gasteiger charge is 2.12. The van der Waals surface area contributed by atoms with Crippen molar-refractivity contribution in [1.82, 2.24) is 4.98 Å². The number of ether oxygens (including phenoxy) is 1. The number of halogens is 2. The van der Waals surface area contributed by atoms with Crippen molar-refractivity contribution in [2.75, 3.05) is 0 Å². The molecule has 106 valence electrons. The molecule has 0 amide bonds. The minimum absolute atomic E-state index is 0.352. The first-order chi connectivity index (χ1) is 9.52. The van der Waals surface area contributed by atoms with Crippen LogP contribution in [-0.4, -0.2) is 4.98 Å². The molecule has 0 saturated heterocycles. The topological polar surface area (TPSA) is 22.1 Å². The van der Waals surface area contributed by atoms with E-state index in [0.29, 0.717) is 17.1 Å². The van der Waals surface area contributed by atoms with Crippen LogP contribution in [0.25, 0.3) is 0 Å². The van der Waals surface area contributed by atoms with Crippen LogP contribution in [0.3, 0.4) is 0 Å². The lowest BCUT2D eigenvalue weighted by Gasteiger charge is -2.15. The van der Waals surface area contributed by atoms with E-state index in [9.17, 15) is 0 Å². The molecule has 0 N–H and O–H groups in total. The average Bonchev–Trinajstić information content (AvgIpc) is 2.42. The molecule has 4 heteroatoms. The number of hydrogen-bond donors (Lipinski definition) is 0. The van der Waals surface area contributed by atoms with Gasteiger partial charge in [0.15, 0.2) is 0 Å². The third-order valence-electron chi connectivity index (χ3n) is 3.12. The van der Waals surface area contributed by atoms with Gasteiger partial charge in [-0.25, -0.2) is 4.98 Å². The maximum atomic E-state index is 6.28. The number of benzene rings is 1. The highest BCUT2D eigenvalue weighted by Crippen LogP contribution is 2.34. The van der Waals surface area contributed by atoms with Crippen molar-refractivity contribution < 1.29 is 4.74 Å². The number of alkyl halides is 1. The smallest absolute Gasteiger partial charge is 0.223 e. The fourth-order valence-electron chi connectivity index (χ4n) is 1.94. The molecule has 1 heterocycles. The minimum atomic E-state index is 0.352. The van der Waals surface area contributed by atoms with Gasteiger partial charge in [-0.15, -0.1) is 0 Å². The van der Waals surface area contributed by atoms with Crippen molar-refractivity contribution in [3.63, 3.8) is 0 Å². The largest absolute Gasteiger partial charge is 0.438 e. The van der Waals surface area contributed by atoms with Crippen LogP contribution in [0.4, 0.5) is 0 Å². The van der Waals surface area contributed by atoms with Crippen molar-refractivity contribution in [2.24, 2.45) is 0 Å². The highest BCUT2D eigenvalue weighted by molar-refractivity contribution is 9.08. The molecule has 0 spiro atoms. The monoisotopic (exact) mass is 353 g/mol. The van der Waals surface area contributed by atoms with E-state index in [4.69, 9.17) is 16.3 Å². The van der Waals surface area contributed by atoms with Crippen LogP contribution in [0.1, 0.15) is 36.5 Å². The van der Waals surface area contributed by atoms with Crippen molar-refractivity contribution in [1.29, 1.82) is 0 Å². The molecule has 0 radical (unpaired) electrons. The molecule has 0 aliphatic carbocycles. The van der Waals surface area contributed by atoms with Crippen molar-refractivity contribution >= 4 is 27.5 Å². The predicted octanol–water partition coefficient (Wildman–Crippen LogP) is 5.85. The zero-order chi connectivity index (χ0) is 14.7. The van der Waals surface area contributed by atoms with Gasteiger partial charge >= 0.3 is 0 Å². The quantitative estimate of drug-likeness (QED) is 0.642. The molecule has 2 nitrogen and oxygen atoms in total. The summed E-state index contributed by atoms with van der Waals surface area (Å²) >= 11 is 9.73. The molecule has 0 atom stereocenters. The molecule has 1 aromatic carbocycles. The Kier molecular flexibility index (Phi) is 5.06. The third-order valence-corrected chi connectivity index (χ3v) is 4.05. The Morgan fingerprint density at radius 1 is 1.35 bits per heavy atom. The summed E-state index contributed by atoms with van der Waals surface area (Å²) in [7, 11) is 0. The molecule has 20 heavy (non-hydrogen) atoms. The van der Waals surface area contributed by atoms with Gasteiger partial charge in [0.1, 0.15) is 5.75 Å². The molecule has 0 aliphatic heterocycles. The summed E-state index contributed by atoms with van der Waals surface area (Å²) in [6.07, 6.45) is 1.73. The standard InChI is InChI=1S/C16H17BrClNO/c1-10(2)13-8-15(11(3)7-14(13)18)20-16-12(9-17)5-4-6-19-16/h4-8,10H,9H2,1-3H3. The maximum absolute atomic E-state index is 6.28. The number of aryl methyl sites for hydroxylation is 1. The van der Waals surface area contributed by atoms with Gasteiger partial charge in [0.05, 0.1) is 0 Å². The van der Waals surface area contributed by atoms with Crippen molar-refractivity contribution in [3.8, 4) is 11.6 Å². The number of hydrogen-bond acceptors (Lipinski definition) is 2. The van der Waals surface area contributed by atoms with E-state index in [1.54, 1.807) is 6.20 Å². The summed E-state index contributed by atoms with van der Waals surface area (Å²) in [6, 6.07) is 7.85. The third kappa shape index (κ3) is 3.33. The summed E-state index contributed by atoms with van der Waals surface area (Å²) < 4.78 is 5.98. The predicted molar refractivity (Wildman–Crippen MR) is 87.2 cm³/mol. The van der Waals surface area contributed by atoms with E-state index in [0.717, 1.165) is 27.5 Å². The van der Waals surface area contributed by atoms with Gasteiger partial charge in [0.2, 0.25) is 5.88 Å². The van der Waals surface area contributed by atoms with E-state index < -0.39 is 0 Å². The van der Waals surface area contributed by atoms with Gasteiger partial charge in [0.25, 0.3) is 0 Å². The lowest BCUT2D eigenvalue weighted by molar-refractivity contribution is 0.454. The number of nitrogens with zero attached hydrogens (tertiary/aromatic N) is 1. The van der Waals surface area contributed by atoms with E-state index in [2.05, 4.69) is 34.8 Å². The number of pyridine rings is 1. The normalized spacial score (nSPS) is 10.9. The second-order valence-corrected chi connectivity index (χ2v) is 5.97. The van der Waals surface area contributed by atoms with Crippen LogP contribution in [0.5, 0.6) is 11.6 Å². The van der Waals surface area contributed by atoms with Crippen LogP contribution in [-0.2, 0) is 5.33 Å². The Labute approximate surface area is 133 Å². The summed E-state index contributed by atoms with van der Waals surface area (Å²) in [5.41, 5.74) is 3.11. The molecular weight excluding hydrogens is 338 g/mol. The SMILES string of the molecule is Cc1cc(Cl)c(C(C)C)cc1Oc1ncccc1CBr. The lowest BCUT2D eigenvalue weighted by atomic mass is 10.0. The lowest BCUT2D eigenvalue weighted by Crippen LogP contribution is -1.97. The molecule has 2 rings (SSSR count). The molecule has 1 aromatic heterocycles. The first-order valence-corrected chi connectivity index (χ1v) is 8.00. The van der Waals surface area contributed by atoms with Crippen molar-refractivity contribution in [3.05, 3.63) is 52.2 Å². The number of rotatable bonds is 4. The van der Waals surface area contributed by atoms with E-state index in [1.165, 1.54) is 0 Å². The van der Waals surface area contributed by atoms with Crippen LogP contribution >= 0.6 is 27.5 Å². The zero-order valence-electron chi connectivity index (χ0n) is 11.8. The molecule has 0 fully saturated rings. The van der Waals surface area contributed by atoms with Crippen LogP contribution < -0.4 is 4.74 Å². The fourth-order valence-corrected chi connectivity index (χ4v) is 2.81.